The molecular formula is C14H25N3S. The molecule has 1 aliphatic heterocycles. The van der Waals surface area contributed by atoms with E-state index in [0.717, 1.165) is 13.1 Å². The second-order valence-corrected chi connectivity index (χ2v) is 7.07. The molecule has 1 N–H and O–H groups in total. The Morgan fingerprint density at radius 3 is 2.72 bits per heavy atom. The lowest BCUT2D eigenvalue weighted by Gasteiger charge is -2.44. The van der Waals surface area contributed by atoms with Gasteiger partial charge >= 0.3 is 0 Å². The summed E-state index contributed by atoms with van der Waals surface area (Å²) in [6.45, 7) is 13.5. The minimum absolute atomic E-state index is 0.431. The van der Waals surface area contributed by atoms with E-state index in [4.69, 9.17) is 0 Å². The molecule has 1 saturated heterocycles. The van der Waals surface area contributed by atoms with E-state index in [2.05, 4.69) is 49.8 Å². The van der Waals surface area contributed by atoms with Crippen LogP contribution in [0.1, 0.15) is 43.6 Å². The number of aryl methyl sites for hydroxylation is 1. The minimum Gasteiger partial charge on any atom is -0.311 e. The number of aromatic nitrogens is 1. The standard InChI is InChI=1S/C14H25N3S/c1-9(2)13-7-15-10(3)8-17(13)12(5)14-16-6-11(4)18-14/h6,9-10,12-13,15H,7-8H2,1-5H3. The predicted molar refractivity (Wildman–Crippen MR) is 78.1 cm³/mol. The van der Waals surface area contributed by atoms with Gasteiger partial charge in [0.15, 0.2) is 0 Å². The van der Waals surface area contributed by atoms with Crippen LogP contribution in [0.4, 0.5) is 0 Å². The molecule has 0 aliphatic carbocycles. The zero-order valence-electron chi connectivity index (χ0n) is 12.1. The van der Waals surface area contributed by atoms with Crippen LogP contribution in [-0.4, -0.2) is 35.1 Å². The fourth-order valence-corrected chi connectivity index (χ4v) is 3.57. The maximum atomic E-state index is 4.57. The molecule has 0 bridgehead atoms. The summed E-state index contributed by atoms with van der Waals surface area (Å²) in [5.74, 6) is 0.675. The van der Waals surface area contributed by atoms with Crippen molar-refractivity contribution >= 4 is 11.3 Å². The van der Waals surface area contributed by atoms with Gasteiger partial charge in [-0.2, -0.15) is 0 Å². The molecule has 0 radical (unpaired) electrons. The predicted octanol–water partition coefficient (Wildman–Crippen LogP) is 2.83. The first-order valence-electron chi connectivity index (χ1n) is 6.90. The molecule has 0 amide bonds. The SMILES string of the molecule is Cc1cnc(C(C)N2CC(C)NCC2C(C)C)s1. The Hall–Kier alpha value is -0.450. The van der Waals surface area contributed by atoms with Crippen LogP contribution in [0.25, 0.3) is 0 Å². The van der Waals surface area contributed by atoms with Crippen LogP contribution in [0.3, 0.4) is 0 Å². The van der Waals surface area contributed by atoms with Gasteiger partial charge in [-0.3, -0.25) is 4.90 Å². The summed E-state index contributed by atoms with van der Waals surface area (Å²) >= 11 is 1.83. The monoisotopic (exact) mass is 267 g/mol. The second kappa shape index (κ2) is 5.68. The lowest BCUT2D eigenvalue weighted by molar-refractivity contribution is 0.0656. The van der Waals surface area contributed by atoms with Gasteiger partial charge in [-0.05, 0) is 26.7 Å². The van der Waals surface area contributed by atoms with Crippen LogP contribution < -0.4 is 5.32 Å². The molecule has 0 aromatic carbocycles. The van der Waals surface area contributed by atoms with E-state index in [9.17, 15) is 0 Å². The molecule has 4 heteroatoms. The van der Waals surface area contributed by atoms with Crippen molar-refractivity contribution in [1.29, 1.82) is 0 Å². The van der Waals surface area contributed by atoms with E-state index in [1.54, 1.807) is 0 Å². The van der Waals surface area contributed by atoms with Crippen LogP contribution >= 0.6 is 11.3 Å². The fraction of sp³-hybridized carbons (Fsp3) is 0.786. The average molecular weight is 267 g/mol. The van der Waals surface area contributed by atoms with E-state index >= 15 is 0 Å². The van der Waals surface area contributed by atoms with Gasteiger partial charge in [0.2, 0.25) is 0 Å². The van der Waals surface area contributed by atoms with Crippen molar-refractivity contribution in [3.05, 3.63) is 16.1 Å². The molecule has 3 atom stereocenters. The molecule has 3 nitrogen and oxygen atoms in total. The summed E-state index contributed by atoms with van der Waals surface area (Å²) in [5.41, 5.74) is 0. The average Bonchev–Trinajstić information content (AvgIpc) is 2.74. The lowest BCUT2D eigenvalue weighted by Crippen LogP contribution is -2.57. The van der Waals surface area contributed by atoms with Crippen molar-refractivity contribution in [1.82, 2.24) is 15.2 Å². The van der Waals surface area contributed by atoms with Crippen LogP contribution in [0, 0.1) is 12.8 Å². The van der Waals surface area contributed by atoms with Crippen LogP contribution in [-0.2, 0) is 0 Å². The molecule has 18 heavy (non-hydrogen) atoms. The Kier molecular flexibility index (Phi) is 4.41. The highest BCUT2D eigenvalue weighted by Gasteiger charge is 2.32. The first kappa shape index (κ1) is 14.0. The highest BCUT2D eigenvalue weighted by atomic mass is 32.1. The highest BCUT2D eigenvalue weighted by molar-refractivity contribution is 7.11. The quantitative estimate of drug-likeness (QED) is 0.913. The third kappa shape index (κ3) is 2.92. The smallest absolute Gasteiger partial charge is 0.110 e. The Labute approximate surface area is 115 Å². The number of piperazine rings is 1. The largest absolute Gasteiger partial charge is 0.311 e. The van der Waals surface area contributed by atoms with Crippen molar-refractivity contribution in [2.45, 2.75) is 52.7 Å². The van der Waals surface area contributed by atoms with Gasteiger partial charge in [-0.15, -0.1) is 11.3 Å². The van der Waals surface area contributed by atoms with Gasteiger partial charge in [0.25, 0.3) is 0 Å². The van der Waals surface area contributed by atoms with Gasteiger partial charge in [0, 0.05) is 36.2 Å². The summed E-state index contributed by atoms with van der Waals surface area (Å²) in [5, 5.41) is 4.85. The van der Waals surface area contributed by atoms with Crippen LogP contribution in [0.2, 0.25) is 0 Å². The number of hydrogen-bond donors (Lipinski definition) is 1. The van der Waals surface area contributed by atoms with E-state index in [-0.39, 0.29) is 0 Å². The number of hydrogen-bond acceptors (Lipinski definition) is 4. The molecule has 0 saturated carbocycles. The molecule has 102 valence electrons. The first-order valence-corrected chi connectivity index (χ1v) is 7.72. The summed E-state index contributed by atoms with van der Waals surface area (Å²) < 4.78 is 0. The van der Waals surface area contributed by atoms with Gasteiger partial charge < -0.3 is 5.32 Å². The van der Waals surface area contributed by atoms with Gasteiger partial charge in [0.05, 0.1) is 6.04 Å². The maximum Gasteiger partial charge on any atom is 0.110 e. The number of nitrogens with zero attached hydrogens (tertiary/aromatic N) is 2. The van der Waals surface area contributed by atoms with Crippen molar-refractivity contribution in [2.24, 2.45) is 5.92 Å². The van der Waals surface area contributed by atoms with E-state index in [0.29, 0.717) is 24.0 Å². The van der Waals surface area contributed by atoms with E-state index in [1.807, 2.05) is 17.5 Å². The van der Waals surface area contributed by atoms with Gasteiger partial charge in [-0.1, -0.05) is 13.8 Å². The van der Waals surface area contributed by atoms with Crippen molar-refractivity contribution < 1.29 is 0 Å². The third-order valence-electron chi connectivity index (χ3n) is 3.85. The van der Waals surface area contributed by atoms with Crippen molar-refractivity contribution in [3.63, 3.8) is 0 Å². The number of rotatable bonds is 3. The van der Waals surface area contributed by atoms with Gasteiger partial charge in [-0.25, -0.2) is 4.98 Å². The summed E-state index contributed by atoms with van der Waals surface area (Å²) in [4.78, 5) is 8.50. The Balaban J connectivity index is 2.16. The molecule has 2 rings (SSSR count). The third-order valence-corrected chi connectivity index (χ3v) is 4.93. The highest BCUT2D eigenvalue weighted by Crippen LogP contribution is 2.29. The molecule has 3 unspecified atom stereocenters. The number of nitrogens with one attached hydrogen (secondary N) is 1. The molecule has 1 aromatic rings. The normalized spacial score (nSPS) is 27.7. The maximum absolute atomic E-state index is 4.57. The van der Waals surface area contributed by atoms with Crippen molar-refractivity contribution in [2.75, 3.05) is 13.1 Å². The van der Waals surface area contributed by atoms with Crippen LogP contribution in [0.5, 0.6) is 0 Å². The fourth-order valence-electron chi connectivity index (χ4n) is 2.73. The molecule has 1 aliphatic rings. The molecule has 2 heterocycles. The summed E-state index contributed by atoms with van der Waals surface area (Å²) in [6.07, 6.45) is 1.99. The zero-order chi connectivity index (χ0) is 13.3. The molecule has 1 aromatic heterocycles. The van der Waals surface area contributed by atoms with Gasteiger partial charge in [0.1, 0.15) is 5.01 Å². The van der Waals surface area contributed by atoms with E-state index < -0.39 is 0 Å². The van der Waals surface area contributed by atoms with E-state index in [1.165, 1.54) is 9.88 Å². The Morgan fingerprint density at radius 1 is 1.44 bits per heavy atom. The Bertz CT molecular complexity index is 388. The minimum atomic E-state index is 0.431. The zero-order valence-corrected chi connectivity index (χ0v) is 12.9. The summed E-state index contributed by atoms with van der Waals surface area (Å²) in [7, 11) is 0. The molecule has 1 fully saturated rings. The Morgan fingerprint density at radius 2 is 2.17 bits per heavy atom. The second-order valence-electron chi connectivity index (χ2n) is 5.80. The summed E-state index contributed by atoms with van der Waals surface area (Å²) in [6, 6.07) is 1.62. The number of thiazole rings is 1. The van der Waals surface area contributed by atoms with Crippen molar-refractivity contribution in [3.8, 4) is 0 Å². The first-order chi connectivity index (χ1) is 8.49. The topological polar surface area (TPSA) is 28.2 Å². The molecule has 0 spiro atoms. The van der Waals surface area contributed by atoms with Crippen LogP contribution in [0.15, 0.2) is 6.20 Å². The lowest BCUT2D eigenvalue weighted by atomic mass is 9.97. The molecular weight excluding hydrogens is 242 g/mol.